The Balaban J connectivity index is 1.67. The van der Waals surface area contributed by atoms with Gasteiger partial charge in [-0.2, -0.15) is 0 Å². The van der Waals surface area contributed by atoms with Crippen molar-refractivity contribution in [2.45, 2.75) is 38.8 Å². The Morgan fingerprint density at radius 2 is 2.00 bits per heavy atom. The molecule has 2 heterocycles. The zero-order chi connectivity index (χ0) is 12.5. The van der Waals surface area contributed by atoms with E-state index in [1.165, 1.54) is 43.6 Å². The molecule has 2 heteroatoms. The fourth-order valence-electron chi connectivity index (χ4n) is 3.65. The highest BCUT2D eigenvalue weighted by Crippen LogP contribution is 2.29. The summed E-state index contributed by atoms with van der Waals surface area (Å²) in [5.74, 6) is 0.880. The van der Waals surface area contributed by atoms with Gasteiger partial charge in [0.2, 0.25) is 0 Å². The van der Waals surface area contributed by atoms with Gasteiger partial charge < -0.3 is 10.2 Å². The lowest BCUT2D eigenvalue weighted by molar-refractivity contribution is 0.212. The molecule has 0 radical (unpaired) electrons. The molecule has 18 heavy (non-hydrogen) atoms. The van der Waals surface area contributed by atoms with Crippen molar-refractivity contribution in [3.05, 3.63) is 35.4 Å². The number of hydrogen-bond acceptors (Lipinski definition) is 2. The van der Waals surface area contributed by atoms with Crippen molar-refractivity contribution in [1.82, 2.24) is 10.2 Å². The zero-order valence-electron chi connectivity index (χ0n) is 11.5. The summed E-state index contributed by atoms with van der Waals surface area (Å²) < 4.78 is 0. The molecule has 1 aromatic rings. The molecule has 1 N–H and O–H groups in total. The maximum atomic E-state index is 3.88. The van der Waals surface area contributed by atoms with Gasteiger partial charge >= 0.3 is 0 Å². The van der Waals surface area contributed by atoms with Crippen LogP contribution in [0.15, 0.2) is 24.3 Å². The first kappa shape index (κ1) is 12.2. The van der Waals surface area contributed by atoms with E-state index in [-0.39, 0.29) is 0 Å². The van der Waals surface area contributed by atoms with Crippen LogP contribution in [-0.2, 0) is 0 Å². The van der Waals surface area contributed by atoms with Crippen molar-refractivity contribution in [3.63, 3.8) is 0 Å². The highest BCUT2D eigenvalue weighted by atomic mass is 15.2. The number of benzene rings is 1. The minimum Gasteiger partial charge on any atom is -0.307 e. The number of piperidine rings is 1. The molecule has 98 valence electrons. The van der Waals surface area contributed by atoms with Gasteiger partial charge in [0.25, 0.3) is 0 Å². The molecule has 2 aliphatic heterocycles. The summed E-state index contributed by atoms with van der Waals surface area (Å²) in [6.45, 7) is 8.45. The van der Waals surface area contributed by atoms with Crippen LogP contribution in [0.5, 0.6) is 0 Å². The Hall–Kier alpha value is -0.860. The third-order valence-corrected chi connectivity index (χ3v) is 4.75. The lowest BCUT2D eigenvalue weighted by atomic mass is 9.92. The maximum absolute atomic E-state index is 3.88. The summed E-state index contributed by atoms with van der Waals surface area (Å²) in [6, 6.07) is 9.95. The molecule has 0 amide bonds. The lowest BCUT2D eigenvalue weighted by Crippen LogP contribution is -2.44. The molecular formula is C16H24N2. The molecule has 2 saturated heterocycles. The second kappa shape index (κ2) is 5.02. The van der Waals surface area contributed by atoms with Crippen molar-refractivity contribution >= 4 is 0 Å². The molecule has 4 atom stereocenters. The quantitative estimate of drug-likeness (QED) is 0.879. The molecule has 2 nitrogen and oxygen atoms in total. The molecule has 0 aliphatic carbocycles. The van der Waals surface area contributed by atoms with Crippen LogP contribution in [0.25, 0.3) is 0 Å². The Morgan fingerprint density at radius 3 is 2.83 bits per heavy atom. The standard InChI is InChI=1S/C16H24N2/c1-12-5-3-4-6-15(12)13(2)17-16-8-10-18-9-7-14(16)11-18/h3-6,13-14,16-17H,7-11H2,1-2H3. The van der Waals surface area contributed by atoms with Gasteiger partial charge in [-0.3, -0.25) is 0 Å². The molecule has 0 aromatic heterocycles. The summed E-state index contributed by atoms with van der Waals surface area (Å²) in [4.78, 5) is 2.61. The van der Waals surface area contributed by atoms with Gasteiger partial charge in [-0.15, -0.1) is 0 Å². The summed E-state index contributed by atoms with van der Waals surface area (Å²) in [7, 11) is 0. The number of aryl methyl sites for hydroxylation is 1. The van der Waals surface area contributed by atoms with Crippen molar-refractivity contribution in [1.29, 1.82) is 0 Å². The van der Waals surface area contributed by atoms with Gasteiger partial charge in [0.1, 0.15) is 0 Å². The van der Waals surface area contributed by atoms with Gasteiger partial charge in [-0.05, 0) is 56.8 Å². The topological polar surface area (TPSA) is 15.3 Å². The monoisotopic (exact) mass is 244 g/mol. The number of rotatable bonds is 3. The highest BCUT2D eigenvalue weighted by molar-refractivity contribution is 5.28. The summed E-state index contributed by atoms with van der Waals surface area (Å²) in [5.41, 5.74) is 2.86. The van der Waals surface area contributed by atoms with Crippen LogP contribution in [0.4, 0.5) is 0 Å². The minimum absolute atomic E-state index is 0.475. The summed E-state index contributed by atoms with van der Waals surface area (Å²) in [5, 5.41) is 3.88. The fraction of sp³-hybridized carbons (Fsp3) is 0.625. The van der Waals surface area contributed by atoms with Gasteiger partial charge in [-0.25, -0.2) is 0 Å². The SMILES string of the molecule is Cc1ccccc1C(C)NC1CCN2CCC1C2. The maximum Gasteiger partial charge on any atom is 0.0297 e. The smallest absolute Gasteiger partial charge is 0.0297 e. The molecular weight excluding hydrogens is 220 g/mol. The van der Waals surface area contributed by atoms with Crippen molar-refractivity contribution in [2.75, 3.05) is 19.6 Å². The van der Waals surface area contributed by atoms with Crippen LogP contribution >= 0.6 is 0 Å². The number of fused-ring (bicyclic) bond motifs is 2. The van der Waals surface area contributed by atoms with Gasteiger partial charge in [0.05, 0.1) is 0 Å². The van der Waals surface area contributed by atoms with Crippen LogP contribution in [0.1, 0.15) is 36.9 Å². The van der Waals surface area contributed by atoms with E-state index in [2.05, 4.69) is 48.3 Å². The molecule has 3 rings (SSSR count). The van der Waals surface area contributed by atoms with E-state index in [0.717, 1.165) is 12.0 Å². The fourth-order valence-corrected chi connectivity index (χ4v) is 3.65. The predicted octanol–water partition coefficient (Wildman–Crippen LogP) is 2.74. The molecule has 1 aromatic carbocycles. The van der Waals surface area contributed by atoms with E-state index in [1.54, 1.807) is 0 Å². The summed E-state index contributed by atoms with van der Waals surface area (Å²) >= 11 is 0. The molecule has 0 saturated carbocycles. The van der Waals surface area contributed by atoms with Crippen molar-refractivity contribution in [2.24, 2.45) is 5.92 Å². The third kappa shape index (κ3) is 2.32. The van der Waals surface area contributed by atoms with E-state index in [9.17, 15) is 0 Å². The van der Waals surface area contributed by atoms with Gasteiger partial charge in [0, 0.05) is 18.6 Å². The molecule has 4 unspecified atom stereocenters. The van der Waals surface area contributed by atoms with Crippen molar-refractivity contribution < 1.29 is 0 Å². The number of nitrogens with one attached hydrogen (secondary N) is 1. The normalized spacial score (nSPS) is 32.4. The van der Waals surface area contributed by atoms with Crippen LogP contribution in [0, 0.1) is 12.8 Å². The number of nitrogens with zero attached hydrogens (tertiary/aromatic N) is 1. The first-order valence-electron chi connectivity index (χ1n) is 7.28. The largest absolute Gasteiger partial charge is 0.307 e. The average molecular weight is 244 g/mol. The highest BCUT2D eigenvalue weighted by Gasteiger charge is 2.34. The third-order valence-electron chi connectivity index (χ3n) is 4.75. The first-order valence-corrected chi connectivity index (χ1v) is 7.28. The second-order valence-electron chi connectivity index (χ2n) is 5.99. The Labute approximate surface area is 110 Å². The van der Waals surface area contributed by atoms with Crippen LogP contribution < -0.4 is 5.32 Å². The van der Waals surface area contributed by atoms with Gasteiger partial charge in [0.15, 0.2) is 0 Å². The minimum atomic E-state index is 0.475. The Kier molecular flexibility index (Phi) is 3.40. The Bertz CT molecular complexity index is 415. The van der Waals surface area contributed by atoms with Crippen LogP contribution in [0.2, 0.25) is 0 Å². The molecule has 0 spiro atoms. The van der Waals surface area contributed by atoms with E-state index in [4.69, 9.17) is 0 Å². The van der Waals surface area contributed by atoms with Gasteiger partial charge in [-0.1, -0.05) is 24.3 Å². The number of hydrogen-bond donors (Lipinski definition) is 1. The van der Waals surface area contributed by atoms with E-state index >= 15 is 0 Å². The predicted molar refractivity (Wildman–Crippen MR) is 75.7 cm³/mol. The van der Waals surface area contributed by atoms with E-state index < -0.39 is 0 Å². The summed E-state index contributed by atoms with van der Waals surface area (Å²) in [6.07, 6.45) is 2.71. The molecule has 2 fully saturated rings. The molecule has 2 bridgehead atoms. The zero-order valence-corrected chi connectivity index (χ0v) is 11.5. The average Bonchev–Trinajstić information content (AvgIpc) is 2.76. The van der Waals surface area contributed by atoms with E-state index in [1.807, 2.05) is 0 Å². The van der Waals surface area contributed by atoms with Crippen molar-refractivity contribution in [3.8, 4) is 0 Å². The molecule has 2 aliphatic rings. The van der Waals surface area contributed by atoms with Crippen LogP contribution in [-0.4, -0.2) is 30.6 Å². The first-order chi connectivity index (χ1) is 8.74. The Morgan fingerprint density at radius 1 is 1.22 bits per heavy atom. The van der Waals surface area contributed by atoms with E-state index in [0.29, 0.717) is 6.04 Å². The van der Waals surface area contributed by atoms with Crippen LogP contribution in [0.3, 0.4) is 0 Å². The lowest BCUT2D eigenvalue weighted by Gasteiger charge is -2.33. The second-order valence-corrected chi connectivity index (χ2v) is 5.99.